The zero-order chi connectivity index (χ0) is 9.26. The number of ether oxygens (including phenoxy) is 1. The summed E-state index contributed by atoms with van der Waals surface area (Å²) in [6.45, 7) is 0.772. The molecule has 0 atom stereocenters. The summed E-state index contributed by atoms with van der Waals surface area (Å²) in [7, 11) is 0. The Morgan fingerprint density at radius 2 is 2.38 bits per heavy atom. The number of hydrogen-bond acceptors (Lipinski definition) is 3. The number of fused-ring (bicyclic) bond motifs is 1. The molecule has 0 unspecified atom stereocenters. The van der Waals surface area contributed by atoms with Crippen molar-refractivity contribution in [3.63, 3.8) is 0 Å². The fourth-order valence-electron chi connectivity index (χ4n) is 1.46. The highest BCUT2D eigenvalue weighted by molar-refractivity contribution is 5.97. The van der Waals surface area contributed by atoms with Gasteiger partial charge in [0, 0.05) is 12.0 Å². The smallest absolute Gasteiger partial charge is 0.176 e. The molecule has 2 rings (SSSR count). The first-order valence-corrected chi connectivity index (χ1v) is 4.30. The first-order chi connectivity index (χ1) is 6.31. The summed E-state index contributed by atoms with van der Waals surface area (Å²) in [5.74, 6) is 0.789. The molecule has 0 saturated carbocycles. The van der Waals surface area contributed by atoms with Crippen LogP contribution in [0.4, 0.5) is 0 Å². The number of benzene rings is 1. The lowest BCUT2D eigenvalue weighted by Crippen LogP contribution is -2.13. The van der Waals surface area contributed by atoms with Crippen molar-refractivity contribution in [2.75, 3.05) is 13.2 Å². The number of rotatable bonds is 2. The Morgan fingerprint density at radius 1 is 1.54 bits per heavy atom. The topological polar surface area (TPSA) is 52.3 Å². The Hall–Kier alpha value is -1.35. The summed E-state index contributed by atoms with van der Waals surface area (Å²) < 4.78 is 5.34. The highest BCUT2D eigenvalue weighted by Crippen LogP contribution is 2.26. The standard InChI is InChI=1S/C10H11NO2/c11-6-9(12)8-2-1-7-3-4-13-10(7)5-8/h1-2,5H,3-4,6,11H2. The zero-order valence-electron chi connectivity index (χ0n) is 7.25. The number of ketones is 1. The van der Waals surface area contributed by atoms with Gasteiger partial charge in [0.1, 0.15) is 5.75 Å². The van der Waals surface area contributed by atoms with Crippen molar-refractivity contribution in [2.45, 2.75) is 6.42 Å². The van der Waals surface area contributed by atoms with Gasteiger partial charge in [-0.25, -0.2) is 0 Å². The number of carbonyl (C=O) groups excluding carboxylic acids is 1. The molecule has 0 amide bonds. The van der Waals surface area contributed by atoms with E-state index < -0.39 is 0 Å². The van der Waals surface area contributed by atoms with Crippen molar-refractivity contribution in [3.05, 3.63) is 29.3 Å². The summed E-state index contributed by atoms with van der Waals surface area (Å²) in [4.78, 5) is 11.2. The van der Waals surface area contributed by atoms with E-state index in [0.29, 0.717) is 5.56 Å². The van der Waals surface area contributed by atoms with Gasteiger partial charge in [-0.05, 0) is 11.6 Å². The van der Waals surface area contributed by atoms with E-state index in [-0.39, 0.29) is 12.3 Å². The highest BCUT2D eigenvalue weighted by atomic mass is 16.5. The molecule has 1 aliphatic rings. The molecular formula is C10H11NO2. The SMILES string of the molecule is NCC(=O)c1ccc2c(c1)OCC2. The Kier molecular flexibility index (Phi) is 2.02. The summed E-state index contributed by atoms with van der Waals surface area (Å²) >= 11 is 0. The van der Waals surface area contributed by atoms with E-state index in [1.165, 1.54) is 5.56 Å². The largest absolute Gasteiger partial charge is 0.493 e. The molecule has 0 spiro atoms. The Labute approximate surface area is 76.5 Å². The van der Waals surface area contributed by atoms with Gasteiger partial charge in [-0.2, -0.15) is 0 Å². The molecule has 0 aliphatic carbocycles. The van der Waals surface area contributed by atoms with Crippen LogP contribution in [0.5, 0.6) is 5.75 Å². The molecule has 13 heavy (non-hydrogen) atoms. The van der Waals surface area contributed by atoms with E-state index in [4.69, 9.17) is 10.5 Å². The number of Topliss-reactive ketones (excluding diaryl/α,β-unsaturated/α-hetero) is 1. The highest BCUT2D eigenvalue weighted by Gasteiger charge is 2.13. The minimum Gasteiger partial charge on any atom is -0.493 e. The first-order valence-electron chi connectivity index (χ1n) is 4.30. The number of carbonyl (C=O) groups is 1. The van der Waals surface area contributed by atoms with E-state index in [2.05, 4.69) is 0 Å². The van der Waals surface area contributed by atoms with Crippen LogP contribution < -0.4 is 10.5 Å². The van der Waals surface area contributed by atoms with Crippen molar-refractivity contribution in [2.24, 2.45) is 5.73 Å². The molecule has 0 bridgehead atoms. The van der Waals surface area contributed by atoms with E-state index in [0.717, 1.165) is 18.8 Å². The first kappa shape index (κ1) is 8.26. The summed E-state index contributed by atoms with van der Waals surface area (Å²) in [5.41, 5.74) is 7.08. The third-order valence-electron chi connectivity index (χ3n) is 2.20. The second kappa shape index (κ2) is 3.18. The van der Waals surface area contributed by atoms with Gasteiger partial charge < -0.3 is 10.5 Å². The maximum absolute atomic E-state index is 11.2. The normalized spacial score (nSPS) is 13.6. The molecule has 1 aliphatic heterocycles. The van der Waals surface area contributed by atoms with Crippen molar-refractivity contribution < 1.29 is 9.53 Å². The minimum absolute atomic E-state index is 0.0432. The van der Waals surface area contributed by atoms with E-state index >= 15 is 0 Å². The molecule has 1 aromatic rings. The lowest BCUT2D eigenvalue weighted by molar-refractivity contribution is 0.100. The van der Waals surface area contributed by atoms with Gasteiger partial charge in [0.05, 0.1) is 13.2 Å². The van der Waals surface area contributed by atoms with Gasteiger partial charge in [-0.3, -0.25) is 4.79 Å². The average molecular weight is 177 g/mol. The Balaban J connectivity index is 2.36. The average Bonchev–Trinajstić information content (AvgIpc) is 2.63. The number of nitrogens with two attached hydrogens (primary N) is 1. The maximum Gasteiger partial charge on any atom is 0.176 e. The van der Waals surface area contributed by atoms with Crippen LogP contribution in [0.25, 0.3) is 0 Å². The molecule has 1 aromatic carbocycles. The second-order valence-corrected chi connectivity index (χ2v) is 3.05. The van der Waals surface area contributed by atoms with Crippen LogP contribution in [0.15, 0.2) is 18.2 Å². The lowest BCUT2D eigenvalue weighted by Gasteiger charge is -2.01. The fourth-order valence-corrected chi connectivity index (χ4v) is 1.46. The van der Waals surface area contributed by atoms with Crippen LogP contribution in [0.1, 0.15) is 15.9 Å². The summed E-state index contributed by atoms with van der Waals surface area (Å²) in [5, 5.41) is 0. The van der Waals surface area contributed by atoms with Crippen LogP contribution in [-0.4, -0.2) is 18.9 Å². The molecule has 0 saturated heterocycles. The molecular weight excluding hydrogens is 166 g/mol. The minimum atomic E-state index is -0.0432. The molecule has 68 valence electrons. The van der Waals surface area contributed by atoms with Gasteiger partial charge in [0.2, 0.25) is 0 Å². The predicted octanol–water partition coefficient (Wildman–Crippen LogP) is 0.763. The second-order valence-electron chi connectivity index (χ2n) is 3.05. The Bertz CT molecular complexity index is 347. The maximum atomic E-state index is 11.2. The van der Waals surface area contributed by atoms with E-state index in [1.807, 2.05) is 12.1 Å². The van der Waals surface area contributed by atoms with Crippen LogP contribution in [-0.2, 0) is 6.42 Å². The zero-order valence-corrected chi connectivity index (χ0v) is 7.25. The number of hydrogen-bond donors (Lipinski definition) is 1. The van der Waals surface area contributed by atoms with Gasteiger partial charge in [-0.1, -0.05) is 12.1 Å². The Morgan fingerprint density at radius 3 is 3.15 bits per heavy atom. The monoisotopic (exact) mass is 177 g/mol. The van der Waals surface area contributed by atoms with Gasteiger partial charge in [0.25, 0.3) is 0 Å². The molecule has 3 heteroatoms. The molecule has 0 aromatic heterocycles. The van der Waals surface area contributed by atoms with Crippen molar-refractivity contribution in [3.8, 4) is 5.75 Å². The van der Waals surface area contributed by atoms with Crippen LogP contribution in [0, 0.1) is 0 Å². The van der Waals surface area contributed by atoms with E-state index in [1.54, 1.807) is 6.07 Å². The van der Waals surface area contributed by atoms with Crippen LogP contribution in [0.3, 0.4) is 0 Å². The molecule has 1 heterocycles. The van der Waals surface area contributed by atoms with Gasteiger partial charge in [0.15, 0.2) is 5.78 Å². The van der Waals surface area contributed by atoms with E-state index in [9.17, 15) is 4.79 Å². The molecule has 3 nitrogen and oxygen atoms in total. The van der Waals surface area contributed by atoms with Crippen molar-refractivity contribution >= 4 is 5.78 Å². The molecule has 0 radical (unpaired) electrons. The third kappa shape index (κ3) is 1.42. The third-order valence-corrected chi connectivity index (χ3v) is 2.20. The predicted molar refractivity (Wildman–Crippen MR) is 49.0 cm³/mol. The fraction of sp³-hybridized carbons (Fsp3) is 0.300. The lowest BCUT2D eigenvalue weighted by atomic mass is 10.1. The molecule has 0 fully saturated rings. The van der Waals surface area contributed by atoms with Crippen LogP contribution >= 0.6 is 0 Å². The van der Waals surface area contributed by atoms with Crippen molar-refractivity contribution in [1.29, 1.82) is 0 Å². The van der Waals surface area contributed by atoms with Crippen molar-refractivity contribution in [1.82, 2.24) is 0 Å². The van der Waals surface area contributed by atoms with Gasteiger partial charge >= 0.3 is 0 Å². The summed E-state index contributed by atoms with van der Waals surface area (Å²) in [6.07, 6.45) is 0.937. The molecule has 2 N–H and O–H groups in total. The van der Waals surface area contributed by atoms with Gasteiger partial charge in [-0.15, -0.1) is 0 Å². The van der Waals surface area contributed by atoms with Crippen LogP contribution in [0.2, 0.25) is 0 Å². The quantitative estimate of drug-likeness (QED) is 0.678. The summed E-state index contributed by atoms with van der Waals surface area (Å²) in [6, 6.07) is 5.52.